The van der Waals surface area contributed by atoms with Crippen molar-refractivity contribution in [3.05, 3.63) is 25.6 Å². The zero-order valence-corrected chi connectivity index (χ0v) is 8.20. The Morgan fingerprint density at radius 2 is 2.00 bits per heavy atom. The minimum Gasteiger partial charge on any atom is -0.325 e. The van der Waals surface area contributed by atoms with E-state index < -0.39 is 11.2 Å². The maximum atomic E-state index is 11.3. The fourth-order valence-electron chi connectivity index (χ4n) is 1.37. The van der Waals surface area contributed by atoms with E-state index in [4.69, 9.17) is 12.2 Å². The van der Waals surface area contributed by atoms with Gasteiger partial charge in [-0.25, -0.2) is 4.79 Å². The van der Waals surface area contributed by atoms with Crippen LogP contribution in [0.5, 0.6) is 0 Å². The summed E-state index contributed by atoms with van der Waals surface area (Å²) >= 11 is 4.84. The Morgan fingerprint density at radius 1 is 1.29 bits per heavy atom. The first-order valence-corrected chi connectivity index (χ1v) is 4.49. The Hall–Kier alpha value is -1.63. The van der Waals surface area contributed by atoms with E-state index in [9.17, 15) is 9.59 Å². The predicted molar refractivity (Wildman–Crippen MR) is 54.0 cm³/mol. The van der Waals surface area contributed by atoms with E-state index in [2.05, 4.69) is 15.0 Å². The standard InChI is InChI=1S/C7H8N4O2S/c1-2-11-4-3(8-6(14)9-4)5(12)10-7(11)13/h2H2,1H3,(H2,8,9,14)(H,10,12,13). The van der Waals surface area contributed by atoms with Crippen LogP contribution in [0.2, 0.25) is 0 Å². The van der Waals surface area contributed by atoms with Gasteiger partial charge in [0.25, 0.3) is 5.56 Å². The third kappa shape index (κ3) is 1.13. The van der Waals surface area contributed by atoms with Crippen LogP contribution in [0.15, 0.2) is 9.59 Å². The average molecular weight is 212 g/mol. The lowest BCUT2D eigenvalue weighted by Crippen LogP contribution is -2.29. The van der Waals surface area contributed by atoms with Crippen molar-refractivity contribution in [1.82, 2.24) is 19.5 Å². The number of aromatic nitrogens is 4. The Kier molecular flexibility index (Phi) is 1.88. The molecule has 0 radical (unpaired) electrons. The Balaban J connectivity index is 3.12. The molecule has 3 N–H and O–H groups in total. The summed E-state index contributed by atoms with van der Waals surface area (Å²) in [6, 6.07) is 0. The summed E-state index contributed by atoms with van der Waals surface area (Å²) in [5, 5.41) is 0. The molecule has 0 unspecified atom stereocenters. The predicted octanol–water partition coefficient (Wildman–Crippen LogP) is 0.0954. The van der Waals surface area contributed by atoms with Crippen LogP contribution in [-0.4, -0.2) is 19.5 Å². The molecular formula is C7H8N4O2S. The topological polar surface area (TPSA) is 86.4 Å². The molecule has 74 valence electrons. The number of fused-ring (bicyclic) bond motifs is 1. The first-order valence-electron chi connectivity index (χ1n) is 4.08. The van der Waals surface area contributed by atoms with Crippen LogP contribution >= 0.6 is 12.2 Å². The monoisotopic (exact) mass is 212 g/mol. The second kappa shape index (κ2) is 2.95. The number of nitrogens with one attached hydrogen (secondary N) is 3. The van der Waals surface area contributed by atoms with Gasteiger partial charge in [0.15, 0.2) is 4.77 Å². The second-order valence-electron chi connectivity index (χ2n) is 2.81. The van der Waals surface area contributed by atoms with Gasteiger partial charge in [0.05, 0.1) is 0 Å². The summed E-state index contributed by atoms with van der Waals surface area (Å²) in [5.41, 5.74) is -0.153. The summed E-state index contributed by atoms with van der Waals surface area (Å²) in [6.45, 7) is 2.28. The van der Waals surface area contributed by atoms with Crippen molar-refractivity contribution < 1.29 is 0 Å². The highest BCUT2D eigenvalue weighted by atomic mass is 32.1. The molecule has 0 aliphatic rings. The number of aromatic amines is 3. The molecular weight excluding hydrogens is 204 g/mol. The summed E-state index contributed by atoms with van der Waals surface area (Å²) in [7, 11) is 0. The Bertz CT molecular complexity index is 644. The van der Waals surface area contributed by atoms with Crippen LogP contribution < -0.4 is 11.2 Å². The zero-order chi connectivity index (χ0) is 10.3. The lowest BCUT2D eigenvalue weighted by atomic mass is 10.5. The minimum atomic E-state index is -0.456. The smallest absolute Gasteiger partial charge is 0.325 e. The van der Waals surface area contributed by atoms with Gasteiger partial charge in [0.2, 0.25) is 0 Å². The van der Waals surface area contributed by atoms with Crippen LogP contribution in [0.25, 0.3) is 11.2 Å². The first kappa shape index (κ1) is 8.95. The number of rotatable bonds is 1. The molecule has 7 heteroatoms. The maximum Gasteiger partial charge on any atom is 0.330 e. The van der Waals surface area contributed by atoms with Gasteiger partial charge in [0, 0.05) is 6.54 Å². The van der Waals surface area contributed by atoms with E-state index in [0.29, 0.717) is 22.5 Å². The first-order chi connectivity index (χ1) is 6.63. The summed E-state index contributed by atoms with van der Waals surface area (Å²) in [4.78, 5) is 30.3. The fourth-order valence-corrected chi connectivity index (χ4v) is 1.57. The molecule has 0 bridgehead atoms. The Labute approximate surface area is 82.6 Å². The van der Waals surface area contributed by atoms with E-state index >= 15 is 0 Å². The molecule has 2 aromatic rings. The van der Waals surface area contributed by atoms with Crippen molar-refractivity contribution in [2.75, 3.05) is 0 Å². The van der Waals surface area contributed by atoms with Gasteiger partial charge in [-0.1, -0.05) is 0 Å². The maximum absolute atomic E-state index is 11.3. The van der Waals surface area contributed by atoms with Crippen molar-refractivity contribution in [3.63, 3.8) is 0 Å². The molecule has 0 aliphatic heterocycles. The van der Waals surface area contributed by atoms with Crippen molar-refractivity contribution in [1.29, 1.82) is 0 Å². The number of hydrogen-bond donors (Lipinski definition) is 3. The number of aryl methyl sites for hydroxylation is 1. The molecule has 0 aromatic carbocycles. The van der Waals surface area contributed by atoms with Gasteiger partial charge >= 0.3 is 5.69 Å². The molecule has 0 saturated carbocycles. The summed E-state index contributed by atoms with van der Waals surface area (Å²) < 4.78 is 1.74. The van der Waals surface area contributed by atoms with Crippen LogP contribution in [0.1, 0.15) is 6.92 Å². The van der Waals surface area contributed by atoms with Gasteiger partial charge in [-0.15, -0.1) is 0 Å². The quantitative estimate of drug-likeness (QED) is 0.586. The van der Waals surface area contributed by atoms with Crippen LogP contribution in [0.3, 0.4) is 0 Å². The molecule has 0 fully saturated rings. The lowest BCUT2D eigenvalue weighted by molar-refractivity contribution is 0.719. The second-order valence-corrected chi connectivity index (χ2v) is 3.21. The van der Waals surface area contributed by atoms with E-state index in [-0.39, 0.29) is 0 Å². The number of H-pyrrole nitrogens is 3. The van der Waals surface area contributed by atoms with Crippen molar-refractivity contribution in [2.24, 2.45) is 0 Å². The van der Waals surface area contributed by atoms with Gasteiger partial charge in [-0.05, 0) is 19.1 Å². The minimum absolute atomic E-state index is 0.302. The van der Waals surface area contributed by atoms with Crippen LogP contribution in [0, 0.1) is 4.77 Å². The van der Waals surface area contributed by atoms with Gasteiger partial charge in [-0.3, -0.25) is 14.3 Å². The van der Waals surface area contributed by atoms with Crippen molar-refractivity contribution in [2.45, 2.75) is 13.5 Å². The SMILES string of the molecule is CCn1c(=O)[nH]c(=O)c2[nH]c(=S)[nH]c21. The van der Waals surface area contributed by atoms with E-state index in [1.165, 1.54) is 4.57 Å². The largest absolute Gasteiger partial charge is 0.330 e. The third-order valence-corrected chi connectivity index (χ3v) is 2.19. The highest BCUT2D eigenvalue weighted by molar-refractivity contribution is 7.71. The molecule has 0 aliphatic carbocycles. The molecule has 2 heterocycles. The van der Waals surface area contributed by atoms with Gasteiger partial charge in [-0.2, -0.15) is 0 Å². The van der Waals surface area contributed by atoms with Crippen LogP contribution in [-0.2, 0) is 6.54 Å². The van der Waals surface area contributed by atoms with Gasteiger partial charge in [0.1, 0.15) is 11.2 Å². The number of imidazole rings is 1. The van der Waals surface area contributed by atoms with Crippen LogP contribution in [0.4, 0.5) is 0 Å². The summed E-state index contributed by atoms with van der Waals surface area (Å²) in [5.74, 6) is 0. The zero-order valence-electron chi connectivity index (χ0n) is 7.38. The Morgan fingerprint density at radius 3 is 2.64 bits per heavy atom. The number of hydrogen-bond acceptors (Lipinski definition) is 3. The highest BCUT2D eigenvalue weighted by Gasteiger charge is 2.07. The van der Waals surface area contributed by atoms with E-state index in [1.807, 2.05) is 6.92 Å². The molecule has 0 atom stereocenters. The third-order valence-electron chi connectivity index (χ3n) is 1.99. The van der Waals surface area contributed by atoms with Gasteiger partial charge < -0.3 is 9.97 Å². The molecule has 6 nitrogen and oxygen atoms in total. The molecule has 0 spiro atoms. The van der Waals surface area contributed by atoms with E-state index in [1.54, 1.807) is 0 Å². The van der Waals surface area contributed by atoms with Crippen molar-refractivity contribution >= 4 is 23.4 Å². The highest BCUT2D eigenvalue weighted by Crippen LogP contribution is 2.00. The lowest BCUT2D eigenvalue weighted by Gasteiger charge is -2.00. The molecule has 0 saturated heterocycles. The van der Waals surface area contributed by atoms with Crippen molar-refractivity contribution in [3.8, 4) is 0 Å². The molecule has 2 aromatic heterocycles. The molecule has 2 rings (SSSR count). The molecule has 0 amide bonds. The number of nitrogens with zero attached hydrogens (tertiary/aromatic N) is 1. The van der Waals surface area contributed by atoms with E-state index in [0.717, 1.165) is 0 Å². The normalized spacial score (nSPS) is 10.9. The summed E-state index contributed by atoms with van der Waals surface area (Å²) in [6.07, 6.45) is 0. The fraction of sp³-hybridized carbons (Fsp3) is 0.286. The average Bonchev–Trinajstić information content (AvgIpc) is 2.48. The molecule has 14 heavy (non-hydrogen) atoms.